The SMILES string of the molecule is C#C[C@@](C)(CC)NC(=O)Cn1nnc(-c2ccc(OCc3c(F)cccc3Cl)cc2)n1. The van der Waals surface area contributed by atoms with Crippen molar-refractivity contribution >= 4 is 17.5 Å². The van der Waals surface area contributed by atoms with Gasteiger partial charge in [0.25, 0.3) is 0 Å². The van der Waals surface area contributed by atoms with Crippen molar-refractivity contribution in [1.82, 2.24) is 25.5 Å². The number of ether oxygens (including phenoxy) is 1. The molecule has 7 nitrogen and oxygen atoms in total. The fraction of sp³-hybridized carbons (Fsp3) is 0.273. The fourth-order valence-corrected chi connectivity index (χ4v) is 2.87. The third kappa shape index (κ3) is 5.58. The topological polar surface area (TPSA) is 81.9 Å². The molecule has 0 aliphatic carbocycles. The fourth-order valence-electron chi connectivity index (χ4n) is 2.65. The molecule has 0 aliphatic rings. The zero-order valence-electron chi connectivity index (χ0n) is 17.1. The van der Waals surface area contributed by atoms with E-state index in [-0.39, 0.29) is 19.1 Å². The Hall–Kier alpha value is -3.44. The first-order chi connectivity index (χ1) is 14.8. The van der Waals surface area contributed by atoms with Crippen LogP contribution in [0.4, 0.5) is 4.39 Å². The van der Waals surface area contributed by atoms with Crippen LogP contribution in [0.2, 0.25) is 5.02 Å². The number of tetrazole rings is 1. The van der Waals surface area contributed by atoms with Crippen LogP contribution in [0, 0.1) is 18.2 Å². The first-order valence-electron chi connectivity index (χ1n) is 9.56. The van der Waals surface area contributed by atoms with Gasteiger partial charge in [-0.3, -0.25) is 4.79 Å². The number of halogens is 2. The van der Waals surface area contributed by atoms with Gasteiger partial charge in [-0.25, -0.2) is 4.39 Å². The molecule has 9 heteroatoms. The molecule has 0 bridgehead atoms. The quantitative estimate of drug-likeness (QED) is 0.540. The van der Waals surface area contributed by atoms with Gasteiger partial charge in [-0.05, 0) is 55.0 Å². The second-order valence-electron chi connectivity index (χ2n) is 7.03. The molecule has 2 aromatic carbocycles. The van der Waals surface area contributed by atoms with Crippen LogP contribution in [-0.4, -0.2) is 31.7 Å². The molecule has 0 spiro atoms. The van der Waals surface area contributed by atoms with Crippen LogP contribution in [0.3, 0.4) is 0 Å². The van der Waals surface area contributed by atoms with Gasteiger partial charge in [0, 0.05) is 11.1 Å². The molecule has 1 atom stereocenters. The summed E-state index contributed by atoms with van der Waals surface area (Å²) in [6.07, 6.45) is 6.07. The molecule has 0 aliphatic heterocycles. The van der Waals surface area contributed by atoms with Gasteiger partial charge in [0.1, 0.15) is 24.7 Å². The third-order valence-corrected chi connectivity index (χ3v) is 5.09. The standard InChI is InChI=1S/C22H21ClFN5O2/c1-4-22(3,5-2)25-20(30)13-29-27-21(26-28-29)15-9-11-16(12-10-15)31-14-17-18(23)7-6-8-19(17)24/h1,6-12H,5,13-14H2,2-3H3,(H,25,30)/t22-/m0/s1. The Morgan fingerprint density at radius 3 is 2.71 bits per heavy atom. The summed E-state index contributed by atoms with van der Waals surface area (Å²) in [6, 6.07) is 11.4. The van der Waals surface area contributed by atoms with Gasteiger partial charge in [0.2, 0.25) is 11.7 Å². The zero-order valence-corrected chi connectivity index (χ0v) is 17.9. The Morgan fingerprint density at radius 2 is 2.06 bits per heavy atom. The van der Waals surface area contributed by atoms with Crippen molar-refractivity contribution in [3.8, 4) is 29.5 Å². The predicted molar refractivity (Wildman–Crippen MR) is 115 cm³/mol. The van der Waals surface area contributed by atoms with E-state index in [9.17, 15) is 9.18 Å². The summed E-state index contributed by atoms with van der Waals surface area (Å²) in [5, 5.41) is 15.2. The van der Waals surface area contributed by atoms with Gasteiger partial charge in [-0.1, -0.05) is 30.5 Å². The third-order valence-electron chi connectivity index (χ3n) is 4.74. The van der Waals surface area contributed by atoms with Crippen LogP contribution in [0.25, 0.3) is 11.4 Å². The maximum Gasteiger partial charge on any atom is 0.244 e. The van der Waals surface area contributed by atoms with E-state index in [4.69, 9.17) is 22.8 Å². The monoisotopic (exact) mass is 441 g/mol. The van der Waals surface area contributed by atoms with E-state index in [2.05, 4.69) is 26.6 Å². The van der Waals surface area contributed by atoms with Crippen LogP contribution < -0.4 is 10.1 Å². The Labute approximate surface area is 184 Å². The number of nitrogens with zero attached hydrogens (tertiary/aromatic N) is 4. The van der Waals surface area contributed by atoms with E-state index in [1.807, 2.05) is 6.92 Å². The average molecular weight is 442 g/mol. The highest BCUT2D eigenvalue weighted by molar-refractivity contribution is 6.31. The predicted octanol–water partition coefficient (Wildman–Crippen LogP) is 3.63. The Balaban J connectivity index is 1.61. The molecule has 1 amide bonds. The average Bonchev–Trinajstić information content (AvgIpc) is 3.22. The number of rotatable bonds is 8. The Bertz CT molecular complexity index is 1090. The van der Waals surface area contributed by atoms with Crippen molar-refractivity contribution in [3.63, 3.8) is 0 Å². The van der Waals surface area contributed by atoms with Crippen molar-refractivity contribution in [2.24, 2.45) is 0 Å². The van der Waals surface area contributed by atoms with Crippen LogP contribution in [-0.2, 0) is 17.9 Å². The van der Waals surface area contributed by atoms with Crippen molar-refractivity contribution in [2.75, 3.05) is 0 Å². The first kappa shape index (κ1) is 22.2. The number of benzene rings is 2. The van der Waals surface area contributed by atoms with E-state index in [1.54, 1.807) is 37.3 Å². The van der Waals surface area contributed by atoms with Gasteiger partial charge in [-0.2, -0.15) is 4.80 Å². The van der Waals surface area contributed by atoms with Gasteiger partial charge in [0.05, 0.1) is 10.6 Å². The molecule has 1 N–H and O–H groups in total. The minimum absolute atomic E-state index is 0.00271. The first-order valence-corrected chi connectivity index (χ1v) is 9.94. The van der Waals surface area contributed by atoms with Crippen molar-refractivity contribution in [3.05, 3.63) is 58.9 Å². The van der Waals surface area contributed by atoms with Gasteiger partial charge in [0.15, 0.2) is 0 Å². The summed E-state index contributed by atoms with van der Waals surface area (Å²) >= 11 is 6.01. The van der Waals surface area contributed by atoms with Crippen molar-refractivity contribution < 1.29 is 13.9 Å². The summed E-state index contributed by atoms with van der Waals surface area (Å²) in [4.78, 5) is 13.4. The lowest BCUT2D eigenvalue weighted by molar-refractivity contribution is -0.123. The van der Waals surface area contributed by atoms with Crippen LogP contribution in [0.1, 0.15) is 25.8 Å². The van der Waals surface area contributed by atoms with Crippen LogP contribution >= 0.6 is 11.6 Å². The number of amides is 1. The van der Waals surface area contributed by atoms with E-state index >= 15 is 0 Å². The summed E-state index contributed by atoms with van der Waals surface area (Å²) in [5.41, 5.74) is 0.258. The second kappa shape index (κ2) is 9.58. The molecule has 0 saturated heterocycles. The highest BCUT2D eigenvalue weighted by Crippen LogP contribution is 2.23. The molecule has 0 unspecified atom stereocenters. The zero-order chi connectivity index (χ0) is 22.4. The van der Waals surface area contributed by atoms with Crippen molar-refractivity contribution in [2.45, 2.75) is 39.0 Å². The molecule has 3 aromatic rings. The highest BCUT2D eigenvalue weighted by atomic mass is 35.5. The maximum absolute atomic E-state index is 13.8. The summed E-state index contributed by atoms with van der Waals surface area (Å²) in [5.74, 6) is 2.73. The van der Waals surface area contributed by atoms with Gasteiger partial charge >= 0.3 is 0 Å². The smallest absolute Gasteiger partial charge is 0.244 e. The van der Waals surface area contributed by atoms with E-state index in [0.29, 0.717) is 34.1 Å². The Kier molecular flexibility index (Phi) is 6.88. The van der Waals surface area contributed by atoms with Gasteiger partial charge < -0.3 is 10.1 Å². The number of terminal acetylenes is 1. The molecule has 0 fully saturated rings. The lowest BCUT2D eigenvalue weighted by Gasteiger charge is -2.22. The normalized spacial score (nSPS) is 12.6. The number of hydrogen-bond donors (Lipinski definition) is 1. The largest absolute Gasteiger partial charge is 0.489 e. The minimum Gasteiger partial charge on any atom is -0.489 e. The van der Waals surface area contributed by atoms with E-state index in [1.165, 1.54) is 16.9 Å². The lowest BCUT2D eigenvalue weighted by Crippen LogP contribution is -2.45. The van der Waals surface area contributed by atoms with Gasteiger partial charge in [-0.15, -0.1) is 16.6 Å². The molecule has 0 radical (unpaired) electrons. The molecule has 31 heavy (non-hydrogen) atoms. The number of carbonyl (C=O) groups excluding carboxylic acids is 1. The molecule has 3 rings (SSSR count). The summed E-state index contributed by atoms with van der Waals surface area (Å²) in [6.45, 7) is 3.57. The highest BCUT2D eigenvalue weighted by Gasteiger charge is 2.21. The number of carbonyl (C=O) groups is 1. The molecule has 1 heterocycles. The lowest BCUT2D eigenvalue weighted by atomic mass is 10.0. The Morgan fingerprint density at radius 1 is 1.32 bits per heavy atom. The van der Waals surface area contributed by atoms with E-state index < -0.39 is 11.4 Å². The van der Waals surface area contributed by atoms with Crippen molar-refractivity contribution in [1.29, 1.82) is 0 Å². The minimum atomic E-state index is -0.719. The molecule has 0 saturated carbocycles. The second-order valence-corrected chi connectivity index (χ2v) is 7.44. The van der Waals surface area contributed by atoms with Crippen LogP contribution in [0.15, 0.2) is 42.5 Å². The van der Waals surface area contributed by atoms with E-state index in [0.717, 1.165) is 0 Å². The maximum atomic E-state index is 13.8. The summed E-state index contributed by atoms with van der Waals surface area (Å²) < 4.78 is 19.4. The molecular formula is C22H21ClFN5O2. The number of hydrogen-bond acceptors (Lipinski definition) is 5. The molecular weight excluding hydrogens is 421 g/mol. The van der Waals surface area contributed by atoms with Crippen LogP contribution in [0.5, 0.6) is 5.75 Å². The summed E-state index contributed by atoms with van der Waals surface area (Å²) in [7, 11) is 0. The molecule has 160 valence electrons. The number of nitrogens with one attached hydrogen (secondary N) is 1. The number of aromatic nitrogens is 4. The molecule has 1 aromatic heterocycles.